The molecule has 0 radical (unpaired) electrons. The van der Waals surface area contributed by atoms with Crippen molar-refractivity contribution < 1.29 is 24.3 Å². The van der Waals surface area contributed by atoms with E-state index < -0.39 is 23.7 Å². The number of fused-ring (bicyclic) bond motifs is 3. The number of Topliss-reactive ketones (excluding diaryl/α,β-unsaturated/α-hetero) is 1. The maximum atomic E-state index is 13.7. The molecule has 1 fully saturated rings. The monoisotopic (exact) mass is 563 g/mol. The van der Waals surface area contributed by atoms with Crippen LogP contribution in [0.3, 0.4) is 0 Å². The third-order valence-electron chi connectivity index (χ3n) is 7.85. The van der Waals surface area contributed by atoms with E-state index in [1.807, 2.05) is 23.6 Å². The number of hydrogen-bond acceptors (Lipinski definition) is 6. The van der Waals surface area contributed by atoms with Crippen molar-refractivity contribution in [3.05, 3.63) is 85.1 Å². The number of halogens is 1. The summed E-state index contributed by atoms with van der Waals surface area (Å²) in [7, 11) is 0. The number of thiophene rings is 1. The van der Waals surface area contributed by atoms with Gasteiger partial charge in [-0.2, -0.15) is 0 Å². The maximum absolute atomic E-state index is 13.7. The highest BCUT2D eigenvalue weighted by Crippen LogP contribution is 2.56. The lowest BCUT2D eigenvalue weighted by Crippen LogP contribution is -2.39. The molecule has 3 aliphatic carbocycles. The van der Waals surface area contributed by atoms with Gasteiger partial charge in [-0.25, -0.2) is 0 Å². The lowest BCUT2D eigenvalue weighted by Gasteiger charge is -2.42. The van der Waals surface area contributed by atoms with E-state index in [0.717, 1.165) is 14.9 Å². The second-order valence-electron chi connectivity index (χ2n) is 9.77. The molecule has 2 amide bonds. The van der Waals surface area contributed by atoms with E-state index in [2.05, 4.69) is 15.9 Å². The van der Waals surface area contributed by atoms with Gasteiger partial charge in [0.1, 0.15) is 5.75 Å². The van der Waals surface area contributed by atoms with Crippen LogP contribution in [0.5, 0.6) is 5.75 Å². The number of nitrogens with zero attached hydrogens (tertiary/aromatic N) is 1. The minimum atomic E-state index is -0.660. The zero-order chi connectivity index (χ0) is 25.3. The highest BCUT2D eigenvalue weighted by atomic mass is 79.9. The number of hydrogen-bond donors (Lipinski definition) is 1. The molecule has 1 saturated heterocycles. The third-order valence-corrected chi connectivity index (χ3v) is 9.20. The molecule has 0 bridgehead atoms. The van der Waals surface area contributed by atoms with E-state index in [4.69, 9.17) is 0 Å². The Morgan fingerprint density at radius 2 is 1.92 bits per heavy atom. The van der Waals surface area contributed by atoms with Gasteiger partial charge in [-0.3, -0.25) is 24.1 Å². The number of carbonyl (C=O) groups excluding carboxylic acids is 4. The Balaban J connectivity index is 1.48. The first-order valence-corrected chi connectivity index (χ1v) is 13.5. The first kappa shape index (κ1) is 23.3. The van der Waals surface area contributed by atoms with Gasteiger partial charge in [0.05, 0.1) is 18.4 Å². The first-order chi connectivity index (χ1) is 17.3. The normalized spacial score (nSPS) is 27.6. The van der Waals surface area contributed by atoms with Gasteiger partial charge in [0.25, 0.3) is 0 Å². The summed E-state index contributed by atoms with van der Waals surface area (Å²) < 4.78 is 0.726. The van der Waals surface area contributed by atoms with Crippen LogP contribution in [0, 0.1) is 17.8 Å². The number of ketones is 2. The summed E-state index contributed by atoms with van der Waals surface area (Å²) >= 11 is 4.96. The zero-order valence-electron chi connectivity index (χ0n) is 19.4. The Hall–Kier alpha value is -3.10. The fraction of sp³-hybridized carbons (Fsp3) is 0.286. The van der Waals surface area contributed by atoms with Crippen molar-refractivity contribution >= 4 is 50.6 Å². The number of phenolic OH excluding ortho intramolecular Hbond substituents is 1. The Bertz CT molecular complexity index is 1450. The standard InChI is InChI=1S/C28H22BrNO5S/c1-13-9-22(32)25-20(26(13)33)11-18-16(23(25)19-10-14(29)4-7-21(19)31)5-6-17-24(18)28(35)30(27(17)34)12-15-3-2-8-36-15/h2-5,7-10,17-18,23-24,31H,6,11-12H2,1H3. The predicted molar refractivity (Wildman–Crippen MR) is 137 cm³/mol. The van der Waals surface area contributed by atoms with Crippen molar-refractivity contribution in [3.63, 3.8) is 0 Å². The molecule has 1 aromatic heterocycles. The third kappa shape index (κ3) is 3.42. The Labute approximate surface area is 220 Å². The smallest absolute Gasteiger partial charge is 0.234 e. The number of imide groups is 1. The topological polar surface area (TPSA) is 91.8 Å². The van der Waals surface area contributed by atoms with Gasteiger partial charge in [-0.1, -0.05) is 33.6 Å². The molecule has 4 atom stereocenters. The van der Waals surface area contributed by atoms with Crippen LogP contribution >= 0.6 is 27.3 Å². The fourth-order valence-corrected chi connectivity index (χ4v) is 7.34. The van der Waals surface area contributed by atoms with Crippen molar-refractivity contribution in [2.45, 2.75) is 32.2 Å². The van der Waals surface area contributed by atoms with Crippen LogP contribution in [-0.2, 0) is 25.7 Å². The van der Waals surface area contributed by atoms with Crippen molar-refractivity contribution in [3.8, 4) is 5.75 Å². The van der Waals surface area contributed by atoms with E-state index >= 15 is 0 Å². The molecule has 2 aromatic rings. The van der Waals surface area contributed by atoms with Gasteiger partial charge < -0.3 is 5.11 Å². The molecule has 8 heteroatoms. The highest BCUT2D eigenvalue weighted by Gasteiger charge is 2.56. The molecule has 182 valence electrons. The molecule has 4 unspecified atom stereocenters. The molecule has 6 rings (SSSR count). The van der Waals surface area contributed by atoms with E-state index in [1.54, 1.807) is 25.1 Å². The number of likely N-dealkylation sites (tertiary alicyclic amines) is 1. The molecule has 0 saturated carbocycles. The SMILES string of the molecule is CC1=CC(=O)C2=C(CC3C(=CCC4C(=O)N(Cc5cccs5)C(=O)C43)C2c2cc(Br)ccc2O)C1=O. The van der Waals surface area contributed by atoms with Crippen molar-refractivity contribution in [1.29, 1.82) is 0 Å². The molecule has 2 heterocycles. The first-order valence-electron chi connectivity index (χ1n) is 11.8. The Kier molecular flexibility index (Phi) is 5.50. The van der Waals surface area contributed by atoms with Gasteiger partial charge >= 0.3 is 0 Å². The van der Waals surface area contributed by atoms with Crippen LogP contribution in [0.2, 0.25) is 0 Å². The van der Waals surface area contributed by atoms with Gasteiger partial charge in [-0.05, 0) is 61.4 Å². The van der Waals surface area contributed by atoms with E-state index in [9.17, 15) is 24.3 Å². The van der Waals surface area contributed by atoms with E-state index in [0.29, 0.717) is 28.7 Å². The summed E-state index contributed by atoms with van der Waals surface area (Å²) in [6.07, 6.45) is 3.94. The molecule has 1 aromatic carbocycles. The lowest BCUT2D eigenvalue weighted by molar-refractivity contribution is -0.140. The molecule has 36 heavy (non-hydrogen) atoms. The van der Waals surface area contributed by atoms with Crippen molar-refractivity contribution in [1.82, 2.24) is 4.90 Å². The van der Waals surface area contributed by atoms with Gasteiger partial charge in [0.2, 0.25) is 11.8 Å². The quantitative estimate of drug-likeness (QED) is 0.327. The summed E-state index contributed by atoms with van der Waals surface area (Å²) in [6.45, 7) is 1.87. The highest BCUT2D eigenvalue weighted by molar-refractivity contribution is 9.10. The number of amides is 2. The van der Waals surface area contributed by atoms with Crippen LogP contribution < -0.4 is 0 Å². The van der Waals surface area contributed by atoms with Crippen LogP contribution in [0.25, 0.3) is 0 Å². The molecule has 1 N–H and O–H groups in total. The number of carbonyl (C=O) groups is 4. The Morgan fingerprint density at radius 1 is 1.11 bits per heavy atom. The molecule has 6 nitrogen and oxygen atoms in total. The molecular weight excluding hydrogens is 542 g/mol. The second-order valence-corrected chi connectivity index (χ2v) is 11.7. The summed E-state index contributed by atoms with van der Waals surface area (Å²) in [6, 6.07) is 8.82. The van der Waals surface area contributed by atoms with Crippen LogP contribution in [0.15, 0.2) is 74.6 Å². The maximum Gasteiger partial charge on any atom is 0.234 e. The average molecular weight is 564 g/mol. The Morgan fingerprint density at radius 3 is 2.67 bits per heavy atom. The van der Waals surface area contributed by atoms with Gasteiger partial charge in [-0.15, -0.1) is 11.3 Å². The summed E-state index contributed by atoms with van der Waals surface area (Å²) in [5.41, 5.74) is 2.46. The number of aromatic hydroxyl groups is 1. The van der Waals surface area contributed by atoms with Crippen molar-refractivity contribution in [2.24, 2.45) is 17.8 Å². The number of benzene rings is 1. The zero-order valence-corrected chi connectivity index (χ0v) is 21.8. The molecule has 1 aliphatic heterocycles. The minimum Gasteiger partial charge on any atom is -0.508 e. The average Bonchev–Trinajstić information content (AvgIpc) is 3.45. The van der Waals surface area contributed by atoms with Crippen LogP contribution in [-0.4, -0.2) is 33.4 Å². The summed E-state index contributed by atoms with van der Waals surface area (Å²) in [5.74, 6) is -3.01. The molecular formula is C28H22BrNO5S. The number of phenols is 1. The minimum absolute atomic E-state index is 0.0124. The number of rotatable bonds is 3. The van der Waals surface area contributed by atoms with E-state index in [-0.39, 0.29) is 42.1 Å². The van der Waals surface area contributed by atoms with Crippen molar-refractivity contribution in [2.75, 3.05) is 0 Å². The van der Waals surface area contributed by atoms with E-state index in [1.165, 1.54) is 22.3 Å². The summed E-state index contributed by atoms with van der Waals surface area (Å²) in [4.78, 5) is 55.9. The van der Waals surface area contributed by atoms with Crippen LogP contribution in [0.4, 0.5) is 0 Å². The van der Waals surface area contributed by atoms with Crippen LogP contribution in [0.1, 0.15) is 36.1 Å². The van der Waals surface area contributed by atoms with Gasteiger partial charge in [0, 0.05) is 37.6 Å². The summed E-state index contributed by atoms with van der Waals surface area (Å²) in [5, 5.41) is 12.7. The molecule has 4 aliphatic rings. The molecule has 0 spiro atoms. The largest absolute Gasteiger partial charge is 0.508 e. The lowest BCUT2D eigenvalue weighted by atomic mass is 9.59. The second kappa shape index (κ2) is 8.49. The number of allylic oxidation sites excluding steroid dienone is 6. The fourth-order valence-electron chi connectivity index (χ4n) is 6.27. The van der Waals surface area contributed by atoms with Gasteiger partial charge in [0.15, 0.2) is 11.6 Å². The predicted octanol–water partition coefficient (Wildman–Crippen LogP) is 4.85.